The van der Waals surface area contributed by atoms with Crippen molar-refractivity contribution in [3.05, 3.63) is 40.9 Å². The number of carbonyl (C=O) groups excluding carboxylic acids is 1. The Balaban J connectivity index is 1.53. The maximum atomic E-state index is 13.2. The zero-order chi connectivity index (χ0) is 22.7. The molecule has 2 fully saturated rings. The van der Waals surface area contributed by atoms with E-state index in [1.807, 2.05) is 31.5 Å². The fourth-order valence-electron chi connectivity index (χ4n) is 4.63. The molecule has 1 amide bonds. The molecule has 9 heteroatoms. The van der Waals surface area contributed by atoms with Gasteiger partial charge in [-0.05, 0) is 44.0 Å². The highest BCUT2D eigenvalue weighted by Gasteiger charge is 2.30. The fourth-order valence-corrected chi connectivity index (χ4v) is 6.74. The van der Waals surface area contributed by atoms with Gasteiger partial charge in [-0.3, -0.25) is 4.79 Å². The summed E-state index contributed by atoms with van der Waals surface area (Å²) in [5.41, 5.74) is 1.75. The number of nitrogens with zero attached hydrogens (tertiary/aromatic N) is 3. The number of nitrogens with one attached hydrogen (secondary N) is 1. The van der Waals surface area contributed by atoms with Crippen LogP contribution in [0.2, 0.25) is 0 Å². The molecule has 1 atom stereocenters. The topological polar surface area (TPSA) is 82.6 Å². The summed E-state index contributed by atoms with van der Waals surface area (Å²) in [5.74, 6) is 0.140. The quantitative estimate of drug-likeness (QED) is 0.659. The van der Waals surface area contributed by atoms with Gasteiger partial charge >= 0.3 is 0 Å². The molecule has 1 unspecified atom stereocenters. The summed E-state index contributed by atoms with van der Waals surface area (Å²) in [7, 11) is -1.52. The second kappa shape index (κ2) is 9.99. The van der Waals surface area contributed by atoms with Crippen molar-refractivity contribution < 1.29 is 13.2 Å². The Hall–Kier alpha value is -1.81. The van der Waals surface area contributed by atoms with Crippen LogP contribution in [-0.4, -0.2) is 61.7 Å². The maximum Gasteiger partial charge on any atom is 0.243 e. The summed E-state index contributed by atoms with van der Waals surface area (Å²) in [6.45, 7) is 4.37. The summed E-state index contributed by atoms with van der Waals surface area (Å²) in [5, 5.41) is 5.50. The van der Waals surface area contributed by atoms with Gasteiger partial charge in [-0.1, -0.05) is 37.8 Å². The van der Waals surface area contributed by atoms with Crippen LogP contribution in [0, 0.1) is 12.8 Å². The van der Waals surface area contributed by atoms with Crippen LogP contribution >= 0.6 is 11.3 Å². The summed E-state index contributed by atoms with van der Waals surface area (Å²) in [4.78, 5) is 20.0. The molecule has 2 aliphatic rings. The first kappa shape index (κ1) is 23.4. The van der Waals surface area contributed by atoms with Crippen LogP contribution in [0.3, 0.4) is 0 Å². The third-order valence-corrected chi connectivity index (χ3v) is 9.38. The van der Waals surface area contributed by atoms with Crippen LogP contribution in [0.5, 0.6) is 0 Å². The van der Waals surface area contributed by atoms with Crippen molar-refractivity contribution in [3.63, 3.8) is 0 Å². The Kier molecular flexibility index (Phi) is 7.29. The van der Waals surface area contributed by atoms with Crippen molar-refractivity contribution in [3.8, 4) is 0 Å². The number of aryl methyl sites for hydroxylation is 1. The molecule has 1 N–H and O–H groups in total. The minimum atomic E-state index is -3.52. The summed E-state index contributed by atoms with van der Waals surface area (Å²) in [6.07, 6.45) is 5.51. The van der Waals surface area contributed by atoms with E-state index in [0.29, 0.717) is 29.0 Å². The Morgan fingerprint density at radius 2 is 1.81 bits per heavy atom. The second-order valence-electron chi connectivity index (χ2n) is 9.00. The number of sulfonamides is 1. The molecule has 0 radical (unpaired) electrons. The van der Waals surface area contributed by atoms with E-state index in [1.54, 1.807) is 16.4 Å². The van der Waals surface area contributed by atoms with E-state index in [-0.39, 0.29) is 11.8 Å². The molecule has 1 aromatic carbocycles. The molecule has 1 saturated heterocycles. The molecule has 0 spiro atoms. The number of likely N-dealkylation sites (N-methyl/N-ethyl adjacent to an activating group) is 1. The first-order chi connectivity index (χ1) is 15.3. The predicted octanol–water partition coefficient (Wildman–Crippen LogP) is 3.69. The molecule has 4 rings (SSSR count). The van der Waals surface area contributed by atoms with Gasteiger partial charge in [0, 0.05) is 31.6 Å². The zero-order valence-corrected chi connectivity index (χ0v) is 20.4. The van der Waals surface area contributed by atoms with Crippen LogP contribution < -0.4 is 5.32 Å². The molecule has 174 valence electrons. The lowest BCUT2D eigenvalue weighted by atomic mass is 9.87. The van der Waals surface area contributed by atoms with E-state index in [4.69, 9.17) is 0 Å². The van der Waals surface area contributed by atoms with Crippen LogP contribution in [0.25, 0.3) is 0 Å². The number of thiazole rings is 1. The largest absolute Gasteiger partial charge is 0.304 e. The van der Waals surface area contributed by atoms with Crippen LogP contribution in [0.1, 0.15) is 49.3 Å². The van der Waals surface area contributed by atoms with E-state index in [1.165, 1.54) is 24.2 Å². The SMILES string of the molecule is Cc1csc(NC(=O)C(CC2CCCC2)c2ccc(S(=O)(=O)N3CCN(C)CC3)cc2)n1. The molecular weight excluding hydrogens is 444 g/mol. The van der Waals surface area contributed by atoms with Gasteiger partial charge in [-0.15, -0.1) is 11.3 Å². The Labute approximate surface area is 194 Å². The lowest BCUT2D eigenvalue weighted by molar-refractivity contribution is -0.118. The summed E-state index contributed by atoms with van der Waals surface area (Å²) in [6, 6.07) is 6.95. The van der Waals surface area contributed by atoms with E-state index in [9.17, 15) is 13.2 Å². The van der Waals surface area contributed by atoms with E-state index in [0.717, 1.165) is 43.6 Å². The number of benzene rings is 1. The van der Waals surface area contributed by atoms with Gasteiger partial charge in [0.1, 0.15) is 0 Å². The van der Waals surface area contributed by atoms with E-state index >= 15 is 0 Å². The molecule has 1 saturated carbocycles. The summed E-state index contributed by atoms with van der Waals surface area (Å²) >= 11 is 1.42. The highest BCUT2D eigenvalue weighted by atomic mass is 32.2. The first-order valence-electron chi connectivity index (χ1n) is 11.3. The van der Waals surface area contributed by atoms with Gasteiger partial charge in [-0.2, -0.15) is 4.31 Å². The Bertz CT molecular complexity index is 1020. The lowest BCUT2D eigenvalue weighted by Crippen LogP contribution is -2.47. The van der Waals surface area contributed by atoms with Gasteiger partial charge in [0.05, 0.1) is 16.5 Å². The Morgan fingerprint density at radius 3 is 2.41 bits per heavy atom. The fraction of sp³-hybridized carbons (Fsp3) is 0.565. The third-order valence-electron chi connectivity index (χ3n) is 6.59. The number of hydrogen-bond donors (Lipinski definition) is 1. The molecule has 1 aliphatic heterocycles. The Morgan fingerprint density at radius 1 is 1.16 bits per heavy atom. The predicted molar refractivity (Wildman–Crippen MR) is 127 cm³/mol. The lowest BCUT2D eigenvalue weighted by Gasteiger charge is -2.31. The smallest absolute Gasteiger partial charge is 0.243 e. The molecule has 32 heavy (non-hydrogen) atoms. The number of carbonyl (C=O) groups is 1. The molecular formula is C23H32N4O3S2. The van der Waals surface area contributed by atoms with E-state index in [2.05, 4.69) is 15.2 Å². The van der Waals surface area contributed by atoms with E-state index < -0.39 is 10.0 Å². The number of hydrogen-bond acceptors (Lipinski definition) is 6. The molecule has 0 bridgehead atoms. The molecule has 7 nitrogen and oxygen atoms in total. The molecule has 1 aliphatic carbocycles. The molecule has 1 aromatic heterocycles. The van der Waals surface area contributed by atoms with Crippen molar-refractivity contribution in [1.29, 1.82) is 0 Å². The monoisotopic (exact) mass is 476 g/mol. The number of anilines is 1. The highest BCUT2D eigenvalue weighted by Crippen LogP contribution is 2.35. The number of piperazine rings is 1. The average molecular weight is 477 g/mol. The number of amides is 1. The van der Waals surface area contributed by atoms with Gasteiger partial charge in [-0.25, -0.2) is 13.4 Å². The average Bonchev–Trinajstić information content (AvgIpc) is 3.44. The van der Waals surface area contributed by atoms with Crippen LogP contribution in [0.4, 0.5) is 5.13 Å². The van der Waals surface area contributed by atoms with Crippen molar-refractivity contribution in [2.24, 2.45) is 5.92 Å². The maximum absolute atomic E-state index is 13.2. The zero-order valence-electron chi connectivity index (χ0n) is 18.8. The van der Waals surface area contributed by atoms with Crippen LogP contribution in [0.15, 0.2) is 34.5 Å². The highest BCUT2D eigenvalue weighted by molar-refractivity contribution is 7.89. The number of rotatable bonds is 7. The van der Waals surface area contributed by atoms with Gasteiger partial charge in [0.15, 0.2) is 5.13 Å². The standard InChI is InChI=1S/C23H32N4O3S2/c1-17-16-31-23(24-17)25-22(28)21(15-18-5-3-4-6-18)19-7-9-20(10-8-19)32(29,30)27-13-11-26(2)12-14-27/h7-10,16,18,21H,3-6,11-15H2,1-2H3,(H,24,25,28). The third kappa shape index (κ3) is 5.39. The molecule has 2 heterocycles. The second-order valence-corrected chi connectivity index (χ2v) is 11.8. The molecule has 2 aromatic rings. The number of aromatic nitrogens is 1. The van der Waals surface area contributed by atoms with Gasteiger partial charge in [0.25, 0.3) is 0 Å². The normalized spacial score (nSPS) is 19.8. The van der Waals surface area contributed by atoms with Gasteiger partial charge in [0.2, 0.25) is 15.9 Å². The van der Waals surface area contributed by atoms with Crippen molar-refractivity contribution in [1.82, 2.24) is 14.2 Å². The van der Waals surface area contributed by atoms with Crippen molar-refractivity contribution in [2.75, 3.05) is 38.5 Å². The first-order valence-corrected chi connectivity index (χ1v) is 13.7. The van der Waals surface area contributed by atoms with Crippen molar-refractivity contribution >= 4 is 32.4 Å². The minimum Gasteiger partial charge on any atom is -0.304 e. The van der Waals surface area contributed by atoms with Crippen LogP contribution in [-0.2, 0) is 14.8 Å². The van der Waals surface area contributed by atoms with Gasteiger partial charge < -0.3 is 10.2 Å². The summed E-state index contributed by atoms with van der Waals surface area (Å²) < 4.78 is 27.7. The minimum absolute atomic E-state index is 0.0686. The van der Waals surface area contributed by atoms with Crippen molar-refractivity contribution in [2.45, 2.75) is 49.8 Å².